The monoisotopic (exact) mass is 360 g/mol. The van der Waals surface area contributed by atoms with E-state index in [0.29, 0.717) is 0 Å². The molecule has 7 heavy (non-hydrogen) atoms. The molecule has 0 atom stereocenters. The molecule has 0 spiro atoms. The van der Waals surface area contributed by atoms with Gasteiger partial charge in [-0.3, -0.25) is 0 Å². The number of rotatable bonds is 0. The van der Waals surface area contributed by atoms with Crippen molar-refractivity contribution in [2.75, 3.05) is 0 Å². The second-order valence-corrected chi connectivity index (χ2v) is 0. The molecule has 0 bridgehead atoms. The Kier molecular flexibility index (Phi) is 1070. The molecule has 0 amide bonds. The Hall–Kier alpha value is 2.63. The van der Waals surface area contributed by atoms with Crippen molar-refractivity contribution in [3.63, 3.8) is 0 Å². The Labute approximate surface area is 112 Å². The molecule has 0 saturated heterocycles. The molecular formula is C2H8Ce2O3. The Morgan fingerprint density at radius 3 is 0.429 bits per heavy atom. The molecule has 0 aromatic carbocycles. The van der Waals surface area contributed by atoms with Gasteiger partial charge in [0.25, 0.3) is 0 Å². The summed E-state index contributed by atoms with van der Waals surface area (Å²) in [6.07, 6.45) is 0. The molecule has 0 fully saturated rings. The van der Waals surface area contributed by atoms with E-state index in [2.05, 4.69) is 0 Å². The fraction of sp³-hybridized carbons (Fsp3) is 1.00. The predicted octanol–water partition coefficient (Wildman–Crippen LogP) is 0.916. The van der Waals surface area contributed by atoms with Crippen LogP contribution in [0.3, 0.4) is 0 Å². The minimum Gasteiger partial charge on any atom is -2.00 e. The summed E-state index contributed by atoms with van der Waals surface area (Å²) in [5, 5.41) is 0. The summed E-state index contributed by atoms with van der Waals surface area (Å²) in [5.41, 5.74) is 0. The van der Waals surface area contributed by atoms with E-state index in [1.54, 1.807) is 0 Å². The van der Waals surface area contributed by atoms with Crippen molar-refractivity contribution >= 4 is 0 Å². The molecule has 2 radical (unpaired) electrons. The van der Waals surface area contributed by atoms with Crippen molar-refractivity contribution in [1.29, 1.82) is 0 Å². The molecule has 0 aliphatic heterocycles. The third kappa shape index (κ3) is 54.8. The quantitative estimate of drug-likeness (QED) is 0.615. The molecule has 0 aliphatic carbocycles. The van der Waals surface area contributed by atoms with Crippen LogP contribution >= 0.6 is 0 Å². The first kappa shape index (κ1) is 104. The van der Waals surface area contributed by atoms with E-state index in [9.17, 15) is 0 Å². The zero-order valence-electron chi connectivity index (χ0n) is 2.22. The van der Waals surface area contributed by atoms with Crippen LogP contribution in [0.2, 0.25) is 0 Å². The molecular weight excluding hydrogens is 352 g/mol. The Balaban J connectivity index is 0. The molecule has 3 nitrogen and oxygen atoms in total. The molecule has 0 aromatic heterocycles. The fourth-order valence-electron chi connectivity index (χ4n) is 0. The van der Waals surface area contributed by atoms with Crippen LogP contribution < -0.4 is 0 Å². The van der Waals surface area contributed by atoms with Gasteiger partial charge in [0.05, 0.1) is 0 Å². The average molecular weight is 360 g/mol. The van der Waals surface area contributed by atoms with Crippen molar-refractivity contribution in [2.45, 2.75) is 14.9 Å². The van der Waals surface area contributed by atoms with Gasteiger partial charge >= 0.3 is 83.5 Å². The summed E-state index contributed by atoms with van der Waals surface area (Å²) in [7, 11) is 0. The molecule has 0 saturated carbocycles. The smallest absolute Gasteiger partial charge is 2.00 e. The normalized spacial score (nSPS) is 0. The second-order valence-electron chi connectivity index (χ2n) is 0. The first-order chi connectivity index (χ1) is 0. The first-order valence-electron chi connectivity index (χ1n) is 0. The zero-order chi connectivity index (χ0) is 0. The molecule has 0 N–H and O–H groups in total. The van der Waals surface area contributed by atoms with Crippen LogP contribution in [0.25, 0.3) is 0 Å². The van der Waals surface area contributed by atoms with Gasteiger partial charge in [0, 0.05) is 0 Å². The van der Waals surface area contributed by atoms with Crippen molar-refractivity contribution < 1.29 is 99.9 Å². The summed E-state index contributed by atoms with van der Waals surface area (Å²) < 4.78 is 0. The maximum absolute atomic E-state index is 0. The fourth-order valence-corrected chi connectivity index (χ4v) is 0. The van der Waals surface area contributed by atoms with Gasteiger partial charge in [0.2, 0.25) is 0 Å². The van der Waals surface area contributed by atoms with Crippen molar-refractivity contribution in [3.05, 3.63) is 0 Å². The van der Waals surface area contributed by atoms with Crippen molar-refractivity contribution in [3.8, 4) is 0 Å². The molecule has 5 heteroatoms. The van der Waals surface area contributed by atoms with E-state index in [4.69, 9.17) is 0 Å². The van der Waals surface area contributed by atoms with E-state index in [0.717, 1.165) is 0 Å². The standard InChI is InChI=1S/2CH4.2Ce.3O/h2*1H4;;;;;/q;;2*+3;3*-2. The topological polar surface area (TPSA) is 85.5 Å². The number of hydrogen-bond donors (Lipinski definition) is 0. The van der Waals surface area contributed by atoms with E-state index >= 15 is 0 Å². The van der Waals surface area contributed by atoms with Gasteiger partial charge in [-0.1, -0.05) is 14.9 Å². The largest absolute Gasteiger partial charge is 3.00 e. The van der Waals surface area contributed by atoms with Crippen molar-refractivity contribution in [1.82, 2.24) is 0 Å². The second kappa shape index (κ2) is 72.5. The minimum absolute atomic E-state index is 0. The molecule has 0 aliphatic rings. The third-order valence-electron chi connectivity index (χ3n) is 0. The summed E-state index contributed by atoms with van der Waals surface area (Å²) in [6.45, 7) is 0. The number of hydrogen-bond acceptors (Lipinski definition) is 0. The van der Waals surface area contributed by atoms with Crippen LogP contribution in [0.4, 0.5) is 0 Å². The van der Waals surface area contributed by atoms with E-state index in [-0.39, 0.29) is 115 Å². The van der Waals surface area contributed by atoms with Crippen molar-refractivity contribution in [2.24, 2.45) is 0 Å². The van der Waals surface area contributed by atoms with Crippen LogP contribution in [-0.2, 0) is 16.4 Å². The average Bonchev–Trinajstić information content (AvgIpc) is 0. The van der Waals surface area contributed by atoms with Crippen LogP contribution in [0.1, 0.15) is 14.9 Å². The summed E-state index contributed by atoms with van der Waals surface area (Å²) in [4.78, 5) is 0. The molecule has 0 rings (SSSR count). The van der Waals surface area contributed by atoms with Gasteiger partial charge in [0.15, 0.2) is 0 Å². The van der Waals surface area contributed by atoms with Gasteiger partial charge in [-0.15, -0.1) is 0 Å². The van der Waals surface area contributed by atoms with Crippen LogP contribution in [0.5, 0.6) is 0 Å². The van der Waals surface area contributed by atoms with E-state index < -0.39 is 0 Å². The molecule has 0 unspecified atom stereocenters. The molecule has 0 aromatic rings. The maximum atomic E-state index is 0. The van der Waals surface area contributed by atoms with Crippen LogP contribution in [0.15, 0.2) is 0 Å². The van der Waals surface area contributed by atoms with Gasteiger partial charge in [-0.05, 0) is 0 Å². The first-order valence-corrected chi connectivity index (χ1v) is 0. The van der Waals surface area contributed by atoms with Crippen LogP contribution in [0, 0.1) is 83.5 Å². The van der Waals surface area contributed by atoms with Gasteiger partial charge in [-0.25, -0.2) is 0 Å². The van der Waals surface area contributed by atoms with Gasteiger partial charge in [0.1, 0.15) is 0 Å². The molecule has 0 heterocycles. The predicted molar refractivity (Wildman–Crippen MR) is 15.5 cm³/mol. The zero-order valence-corrected chi connectivity index (χ0v) is 8.50. The molecule has 42 valence electrons. The van der Waals surface area contributed by atoms with E-state index in [1.807, 2.05) is 0 Å². The summed E-state index contributed by atoms with van der Waals surface area (Å²) >= 11 is 0. The van der Waals surface area contributed by atoms with Gasteiger partial charge < -0.3 is 16.4 Å². The minimum atomic E-state index is 0. The third-order valence-corrected chi connectivity index (χ3v) is 0. The summed E-state index contributed by atoms with van der Waals surface area (Å²) in [6, 6.07) is 0. The maximum Gasteiger partial charge on any atom is 3.00 e. The van der Waals surface area contributed by atoms with Crippen LogP contribution in [-0.4, -0.2) is 0 Å². The van der Waals surface area contributed by atoms with E-state index in [1.165, 1.54) is 0 Å². The Morgan fingerprint density at radius 1 is 0.429 bits per heavy atom. The van der Waals surface area contributed by atoms with Gasteiger partial charge in [-0.2, -0.15) is 0 Å². The SMILES string of the molecule is C.C.[Ce+3].[Ce+3].[O-2].[O-2].[O-2]. The summed E-state index contributed by atoms with van der Waals surface area (Å²) in [5.74, 6) is 0. The Bertz CT molecular complexity index is 10.9. The Morgan fingerprint density at radius 2 is 0.429 bits per heavy atom.